The van der Waals surface area contributed by atoms with Gasteiger partial charge in [0.1, 0.15) is 12.2 Å². The summed E-state index contributed by atoms with van der Waals surface area (Å²) in [6.45, 7) is -0.387. The molecule has 2 N–H and O–H groups in total. The summed E-state index contributed by atoms with van der Waals surface area (Å²) in [4.78, 5) is 3.66. The maximum absolute atomic E-state index is 13.8. The van der Waals surface area contributed by atoms with Gasteiger partial charge in [0, 0.05) is 23.5 Å². The second-order valence-electron chi connectivity index (χ2n) is 5.74. The van der Waals surface area contributed by atoms with E-state index in [4.69, 9.17) is 11.6 Å². The molecule has 0 atom stereocenters. The van der Waals surface area contributed by atoms with Gasteiger partial charge in [0.2, 0.25) is 10.0 Å². The molecule has 0 fully saturated rings. The second-order valence-corrected chi connectivity index (χ2v) is 7.30. The molecule has 3 rings (SSSR count). The molecule has 0 aliphatic heterocycles. The van der Waals surface area contributed by atoms with Crippen molar-refractivity contribution in [3.63, 3.8) is 0 Å². The first-order valence-corrected chi connectivity index (χ1v) is 9.32. The van der Waals surface area contributed by atoms with Crippen LogP contribution < -0.4 is 5.14 Å². The molecule has 0 amide bonds. The summed E-state index contributed by atoms with van der Waals surface area (Å²) >= 11 is 0. The molecule has 28 heavy (non-hydrogen) atoms. The molecule has 2 heterocycles. The molecule has 1 aromatic carbocycles. The molecular weight excluding hydrogens is 393 g/mol. The lowest BCUT2D eigenvalue weighted by Gasteiger charge is -2.11. The van der Waals surface area contributed by atoms with Gasteiger partial charge >= 0.3 is 6.18 Å². The largest absolute Gasteiger partial charge is 0.433 e. The number of pyridine rings is 1. The third kappa shape index (κ3) is 3.76. The second kappa shape index (κ2) is 7.10. The van der Waals surface area contributed by atoms with Crippen molar-refractivity contribution in [2.75, 3.05) is 0 Å². The Hall–Kier alpha value is -3.16. The minimum Gasteiger partial charge on any atom is -0.265 e. The molecule has 2 aromatic heterocycles. The summed E-state index contributed by atoms with van der Waals surface area (Å²) in [6, 6.07) is 7.94. The normalized spacial score (nSPS) is 12.0. The number of primary sulfonamides is 1. The van der Waals surface area contributed by atoms with E-state index in [1.54, 1.807) is 0 Å². The maximum Gasteiger partial charge on any atom is 0.433 e. The average Bonchev–Trinajstić information content (AvgIpc) is 3.02. The Labute approximate surface area is 158 Å². The molecule has 0 bridgehead atoms. The summed E-state index contributed by atoms with van der Waals surface area (Å²) in [5.74, 6) is 2.16. The molecule has 0 saturated heterocycles. The first-order chi connectivity index (χ1) is 13.1. The van der Waals surface area contributed by atoms with Gasteiger partial charge in [-0.2, -0.15) is 18.3 Å². The van der Waals surface area contributed by atoms with Gasteiger partial charge in [-0.3, -0.25) is 4.98 Å². The summed E-state index contributed by atoms with van der Waals surface area (Å²) in [5.41, 5.74) is -0.637. The number of alkyl halides is 3. The van der Waals surface area contributed by atoms with E-state index < -0.39 is 21.9 Å². The monoisotopic (exact) mass is 406 g/mol. The number of hydrogen-bond donors (Lipinski definition) is 1. The quantitative estimate of drug-likeness (QED) is 0.675. The van der Waals surface area contributed by atoms with Crippen molar-refractivity contribution in [2.45, 2.75) is 17.6 Å². The van der Waals surface area contributed by atoms with Gasteiger partial charge in [-0.1, -0.05) is 18.1 Å². The van der Waals surface area contributed by atoms with E-state index in [-0.39, 0.29) is 33.8 Å². The van der Waals surface area contributed by atoms with Crippen LogP contribution in [0.4, 0.5) is 13.2 Å². The highest BCUT2D eigenvalue weighted by Crippen LogP contribution is 2.42. The van der Waals surface area contributed by atoms with Gasteiger partial charge in [0.05, 0.1) is 4.90 Å². The van der Waals surface area contributed by atoms with E-state index in [2.05, 4.69) is 16.0 Å². The fraction of sp³-hybridized carbons (Fsp3) is 0.111. The lowest BCUT2D eigenvalue weighted by atomic mass is 9.99. The van der Waals surface area contributed by atoms with Crippen molar-refractivity contribution >= 4 is 10.0 Å². The Bertz CT molecular complexity index is 1150. The van der Waals surface area contributed by atoms with Crippen molar-refractivity contribution in [2.24, 2.45) is 5.14 Å². The van der Waals surface area contributed by atoms with Crippen LogP contribution in [-0.2, 0) is 22.7 Å². The molecule has 0 radical (unpaired) electrons. The first kappa shape index (κ1) is 19.6. The zero-order valence-corrected chi connectivity index (χ0v) is 15.0. The summed E-state index contributed by atoms with van der Waals surface area (Å²) in [6.07, 6.45) is 3.21. The molecule has 3 aromatic rings. The van der Waals surface area contributed by atoms with Crippen molar-refractivity contribution in [1.29, 1.82) is 0 Å². The average molecular weight is 406 g/mol. The van der Waals surface area contributed by atoms with Crippen LogP contribution in [0.5, 0.6) is 0 Å². The number of hydrogen-bond acceptors (Lipinski definition) is 4. The summed E-state index contributed by atoms with van der Waals surface area (Å²) in [7, 11) is -3.94. The van der Waals surface area contributed by atoms with Gasteiger partial charge in [-0.15, -0.1) is 6.42 Å². The topological polar surface area (TPSA) is 90.9 Å². The minimum absolute atomic E-state index is 0.00902. The van der Waals surface area contributed by atoms with Crippen LogP contribution in [0.1, 0.15) is 5.69 Å². The fourth-order valence-electron chi connectivity index (χ4n) is 2.75. The molecule has 0 aliphatic carbocycles. The molecule has 0 spiro atoms. The predicted octanol–water partition coefficient (Wildman–Crippen LogP) is 2.91. The minimum atomic E-state index is -4.72. The highest BCUT2D eigenvalue weighted by Gasteiger charge is 2.40. The Morgan fingerprint density at radius 3 is 2.18 bits per heavy atom. The Balaban J connectivity index is 2.31. The highest BCUT2D eigenvalue weighted by atomic mass is 32.2. The lowest BCUT2D eigenvalue weighted by Crippen LogP contribution is -2.15. The summed E-state index contributed by atoms with van der Waals surface area (Å²) < 4.78 is 65.0. The Morgan fingerprint density at radius 1 is 1.07 bits per heavy atom. The van der Waals surface area contributed by atoms with Gasteiger partial charge in [-0.25, -0.2) is 18.2 Å². The van der Waals surface area contributed by atoms with Crippen LogP contribution in [-0.4, -0.2) is 23.2 Å². The number of benzene rings is 1. The summed E-state index contributed by atoms with van der Waals surface area (Å²) in [5, 5.41) is 9.12. The number of nitrogens with two attached hydrogens (primary N) is 1. The van der Waals surface area contributed by atoms with Crippen molar-refractivity contribution < 1.29 is 21.6 Å². The molecule has 0 unspecified atom stereocenters. The van der Waals surface area contributed by atoms with Gasteiger partial charge in [-0.05, 0) is 29.8 Å². The van der Waals surface area contributed by atoms with Crippen molar-refractivity contribution in [1.82, 2.24) is 14.8 Å². The van der Waals surface area contributed by atoms with E-state index in [0.717, 1.165) is 0 Å². The third-order valence-corrected chi connectivity index (χ3v) is 4.82. The zero-order chi connectivity index (χ0) is 20.5. The van der Waals surface area contributed by atoms with Crippen LogP contribution in [0.25, 0.3) is 22.4 Å². The molecule has 0 aliphatic rings. The van der Waals surface area contributed by atoms with Crippen molar-refractivity contribution in [3.8, 4) is 34.7 Å². The van der Waals surface area contributed by atoms with Crippen LogP contribution in [0.2, 0.25) is 0 Å². The number of nitrogens with zero attached hydrogens (tertiary/aromatic N) is 3. The molecule has 10 heteroatoms. The van der Waals surface area contributed by atoms with Gasteiger partial charge in [0.25, 0.3) is 0 Å². The van der Waals surface area contributed by atoms with Crippen LogP contribution >= 0.6 is 0 Å². The predicted molar refractivity (Wildman–Crippen MR) is 96.1 cm³/mol. The number of sulfonamides is 1. The van der Waals surface area contributed by atoms with Crippen molar-refractivity contribution in [3.05, 3.63) is 54.5 Å². The molecular formula is C18H13F3N4O2S. The zero-order valence-electron chi connectivity index (χ0n) is 14.2. The SMILES string of the molecule is C#CCn1nc(-c2ccc(S(N)(=O)=O)cc2)c(-c2ccncc2)c1C(F)(F)F. The first-order valence-electron chi connectivity index (χ1n) is 7.78. The Kier molecular flexibility index (Phi) is 4.97. The van der Waals surface area contributed by atoms with E-state index in [1.807, 2.05) is 0 Å². The standard InChI is InChI=1S/C18H13F3N4O2S/c1-2-11-25-17(18(19,20)21)15(12-7-9-23-10-8-12)16(24-25)13-3-5-14(6-4-13)28(22,26)27/h1,3-10H,11H2,(H2,22,26,27). The van der Waals surface area contributed by atoms with E-state index in [0.29, 0.717) is 4.68 Å². The Morgan fingerprint density at radius 2 is 1.68 bits per heavy atom. The number of rotatable bonds is 4. The van der Waals surface area contributed by atoms with E-state index >= 15 is 0 Å². The van der Waals surface area contributed by atoms with Gasteiger partial charge < -0.3 is 0 Å². The van der Waals surface area contributed by atoms with Crippen LogP contribution in [0.15, 0.2) is 53.7 Å². The fourth-order valence-corrected chi connectivity index (χ4v) is 3.26. The maximum atomic E-state index is 13.8. The highest BCUT2D eigenvalue weighted by molar-refractivity contribution is 7.89. The lowest BCUT2D eigenvalue weighted by molar-refractivity contribution is -0.143. The molecule has 144 valence electrons. The number of aromatic nitrogens is 3. The van der Waals surface area contributed by atoms with Crippen LogP contribution in [0.3, 0.4) is 0 Å². The molecule has 6 nitrogen and oxygen atoms in total. The molecule has 0 saturated carbocycles. The number of halogens is 3. The van der Waals surface area contributed by atoms with E-state index in [9.17, 15) is 21.6 Å². The number of terminal acetylenes is 1. The van der Waals surface area contributed by atoms with E-state index in [1.165, 1.54) is 48.8 Å². The smallest absolute Gasteiger partial charge is 0.265 e. The third-order valence-electron chi connectivity index (χ3n) is 3.89. The van der Waals surface area contributed by atoms with Gasteiger partial charge in [0.15, 0.2) is 5.69 Å². The van der Waals surface area contributed by atoms with Crippen LogP contribution in [0, 0.1) is 12.3 Å².